The van der Waals surface area contributed by atoms with Crippen LogP contribution in [0, 0.1) is 0 Å². The number of piperidine rings is 1. The van der Waals surface area contributed by atoms with Crippen LogP contribution in [-0.2, 0) is 23.2 Å². The number of allylic oxidation sites excluding steroid dienone is 1. The van der Waals surface area contributed by atoms with Crippen LogP contribution in [0.15, 0.2) is 66.9 Å². The van der Waals surface area contributed by atoms with Crippen LogP contribution < -0.4 is 4.74 Å². The number of pyridine rings is 1. The maximum atomic E-state index is 11.4. The van der Waals surface area contributed by atoms with Gasteiger partial charge in [0.25, 0.3) is 0 Å². The van der Waals surface area contributed by atoms with E-state index < -0.39 is 11.6 Å². The van der Waals surface area contributed by atoms with Crippen molar-refractivity contribution in [3.05, 3.63) is 94.1 Å². The molecular formula is C29H29ClN2O4. The first-order valence-corrected chi connectivity index (χ1v) is 12.6. The van der Waals surface area contributed by atoms with Gasteiger partial charge in [-0.2, -0.15) is 0 Å². The van der Waals surface area contributed by atoms with Crippen molar-refractivity contribution in [2.75, 3.05) is 19.6 Å². The predicted molar refractivity (Wildman–Crippen MR) is 139 cm³/mol. The Bertz CT molecular complexity index is 1280. The lowest BCUT2D eigenvalue weighted by atomic mass is 9.84. The average molecular weight is 505 g/mol. The van der Waals surface area contributed by atoms with Gasteiger partial charge in [0, 0.05) is 48.4 Å². The van der Waals surface area contributed by atoms with E-state index in [0.717, 1.165) is 53.9 Å². The molecule has 6 nitrogen and oxygen atoms in total. The molecule has 0 radical (unpaired) electrons. The summed E-state index contributed by atoms with van der Waals surface area (Å²) in [5.74, 6) is 0.341. The van der Waals surface area contributed by atoms with E-state index in [1.54, 1.807) is 6.20 Å². The van der Waals surface area contributed by atoms with Crippen molar-refractivity contribution in [1.82, 2.24) is 9.88 Å². The number of fused-ring (bicyclic) bond motifs is 2. The molecule has 0 bridgehead atoms. The minimum atomic E-state index is -0.863. The number of aliphatic carboxylic acids is 1. The summed E-state index contributed by atoms with van der Waals surface area (Å²) in [6, 6.07) is 16.9. The van der Waals surface area contributed by atoms with Gasteiger partial charge in [-0.15, -0.1) is 0 Å². The van der Waals surface area contributed by atoms with Crippen molar-refractivity contribution in [2.24, 2.45) is 0 Å². The second-order valence-electron chi connectivity index (χ2n) is 9.50. The Labute approximate surface area is 215 Å². The van der Waals surface area contributed by atoms with E-state index in [9.17, 15) is 15.0 Å². The van der Waals surface area contributed by atoms with Gasteiger partial charge in [0.15, 0.2) is 0 Å². The predicted octanol–water partition coefficient (Wildman–Crippen LogP) is 5.47. The maximum Gasteiger partial charge on any atom is 0.307 e. The van der Waals surface area contributed by atoms with Crippen molar-refractivity contribution in [1.29, 1.82) is 0 Å². The largest absolute Gasteiger partial charge is 0.481 e. The van der Waals surface area contributed by atoms with Crippen LogP contribution in [0.5, 0.6) is 11.6 Å². The van der Waals surface area contributed by atoms with Gasteiger partial charge in [0.1, 0.15) is 5.75 Å². The summed E-state index contributed by atoms with van der Waals surface area (Å²) in [7, 11) is 0. The zero-order valence-corrected chi connectivity index (χ0v) is 20.7. The molecule has 2 aromatic carbocycles. The smallest absolute Gasteiger partial charge is 0.307 e. The molecule has 2 aliphatic rings. The van der Waals surface area contributed by atoms with Gasteiger partial charge in [-0.3, -0.25) is 4.79 Å². The number of aromatic nitrogens is 1. The van der Waals surface area contributed by atoms with Gasteiger partial charge in [-0.25, -0.2) is 4.98 Å². The average Bonchev–Trinajstić information content (AvgIpc) is 3.03. The molecule has 1 aromatic heterocycles. The van der Waals surface area contributed by atoms with Crippen molar-refractivity contribution in [2.45, 2.75) is 37.7 Å². The third-order valence-corrected chi connectivity index (χ3v) is 7.42. The first-order chi connectivity index (χ1) is 17.4. The van der Waals surface area contributed by atoms with Crippen LogP contribution in [0.1, 0.15) is 41.5 Å². The number of halogens is 1. The molecule has 2 aliphatic heterocycles. The lowest BCUT2D eigenvalue weighted by Gasteiger charge is -2.38. The van der Waals surface area contributed by atoms with Gasteiger partial charge in [-0.1, -0.05) is 41.9 Å². The highest BCUT2D eigenvalue weighted by atomic mass is 35.5. The number of carboxylic acid groups (broad SMARTS) is 1. The van der Waals surface area contributed by atoms with E-state index in [2.05, 4.69) is 16.0 Å². The molecule has 3 heterocycles. The first-order valence-electron chi connectivity index (χ1n) is 12.3. The molecule has 3 aromatic rings. The Morgan fingerprint density at radius 2 is 1.89 bits per heavy atom. The highest BCUT2D eigenvalue weighted by Crippen LogP contribution is 2.39. The number of hydrogen-bond donors (Lipinski definition) is 2. The second-order valence-corrected chi connectivity index (χ2v) is 9.93. The molecule has 0 unspecified atom stereocenters. The SMILES string of the molecule is O=C(O)Cc1cccc2c1CC(=CCCN1CCC(O)(c3ccc(Cl)cc3)CC1)c1cccnc1O2. The fraction of sp³-hybridized carbons (Fsp3) is 0.310. The van der Waals surface area contributed by atoms with E-state index >= 15 is 0 Å². The Morgan fingerprint density at radius 1 is 1.11 bits per heavy atom. The summed E-state index contributed by atoms with van der Waals surface area (Å²) in [5.41, 5.74) is 3.79. The lowest BCUT2D eigenvalue weighted by Crippen LogP contribution is -2.42. The van der Waals surface area contributed by atoms with E-state index in [-0.39, 0.29) is 6.42 Å². The number of likely N-dealkylation sites (tertiary alicyclic amines) is 1. The molecule has 1 saturated heterocycles. The number of benzene rings is 2. The molecule has 186 valence electrons. The van der Waals surface area contributed by atoms with Crippen LogP contribution in [0.2, 0.25) is 5.02 Å². The molecule has 2 N–H and O–H groups in total. The topological polar surface area (TPSA) is 82.9 Å². The highest BCUT2D eigenvalue weighted by molar-refractivity contribution is 6.30. The van der Waals surface area contributed by atoms with Crippen LogP contribution >= 0.6 is 11.6 Å². The number of carbonyl (C=O) groups is 1. The number of carboxylic acids is 1. The van der Waals surface area contributed by atoms with Gasteiger partial charge >= 0.3 is 5.97 Å². The van der Waals surface area contributed by atoms with Crippen molar-refractivity contribution >= 4 is 23.1 Å². The standard InChI is InChI=1S/C29H29ClN2O4/c30-23-10-8-22(9-11-23)29(35)12-16-32(17-13-29)15-3-5-20-18-25-21(19-27(33)34)4-1-7-26(25)36-28-24(20)6-2-14-31-28/h1-2,4-11,14,35H,3,12-13,15-19H2,(H,33,34). The molecule has 0 saturated carbocycles. The second kappa shape index (κ2) is 10.4. The highest BCUT2D eigenvalue weighted by Gasteiger charge is 2.33. The normalized spacial score (nSPS) is 18.1. The van der Waals surface area contributed by atoms with Gasteiger partial charge < -0.3 is 19.8 Å². The zero-order chi connectivity index (χ0) is 25.1. The van der Waals surface area contributed by atoms with E-state index in [1.807, 2.05) is 54.6 Å². The molecule has 7 heteroatoms. The molecular weight excluding hydrogens is 476 g/mol. The number of nitrogens with zero attached hydrogens (tertiary/aromatic N) is 2. The quantitative estimate of drug-likeness (QED) is 0.463. The summed E-state index contributed by atoms with van der Waals surface area (Å²) in [6.45, 7) is 2.50. The molecule has 1 fully saturated rings. The van der Waals surface area contributed by atoms with Crippen LogP contribution in [0.3, 0.4) is 0 Å². The zero-order valence-electron chi connectivity index (χ0n) is 20.0. The van der Waals surface area contributed by atoms with Crippen LogP contribution in [0.4, 0.5) is 0 Å². The van der Waals surface area contributed by atoms with Crippen molar-refractivity contribution in [3.8, 4) is 11.6 Å². The molecule has 0 atom stereocenters. The fourth-order valence-electron chi connectivity index (χ4n) is 5.14. The lowest BCUT2D eigenvalue weighted by molar-refractivity contribution is -0.136. The Balaban J connectivity index is 1.30. The summed E-state index contributed by atoms with van der Waals surface area (Å²) in [4.78, 5) is 18.3. The summed E-state index contributed by atoms with van der Waals surface area (Å²) in [5, 5.41) is 21.2. The fourth-order valence-corrected chi connectivity index (χ4v) is 5.27. The Hall–Kier alpha value is -3.19. The van der Waals surface area contributed by atoms with Gasteiger partial charge in [0.05, 0.1) is 12.0 Å². The molecule has 36 heavy (non-hydrogen) atoms. The number of ether oxygens (including phenoxy) is 1. The Morgan fingerprint density at radius 3 is 2.64 bits per heavy atom. The van der Waals surface area contributed by atoms with Gasteiger partial charge in [0.2, 0.25) is 5.88 Å². The summed E-state index contributed by atoms with van der Waals surface area (Å²) >= 11 is 6.01. The number of aliphatic hydroxyl groups is 1. The monoisotopic (exact) mass is 504 g/mol. The number of hydrogen-bond acceptors (Lipinski definition) is 5. The minimum absolute atomic E-state index is 0.0477. The van der Waals surface area contributed by atoms with Gasteiger partial charge in [-0.05, 0) is 66.3 Å². The van der Waals surface area contributed by atoms with Crippen molar-refractivity contribution in [3.63, 3.8) is 0 Å². The van der Waals surface area contributed by atoms with E-state index in [0.29, 0.717) is 35.9 Å². The van der Waals surface area contributed by atoms with Crippen molar-refractivity contribution < 1.29 is 19.7 Å². The molecule has 5 rings (SSSR count). The third kappa shape index (κ3) is 5.31. The third-order valence-electron chi connectivity index (χ3n) is 7.16. The molecule has 0 spiro atoms. The van der Waals surface area contributed by atoms with E-state index in [4.69, 9.17) is 16.3 Å². The first kappa shape index (κ1) is 24.5. The van der Waals surface area contributed by atoms with E-state index in [1.165, 1.54) is 0 Å². The molecule has 0 amide bonds. The molecule has 0 aliphatic carbocycles. The van der Waals surface area contributed by atoms with Crippen LogP contribution in [-0.4, -0.2) is 45.7 Å². The Kier molecular flexibility index (Phi) is 7.10. The summed E-state index contributed by atoms with van der Waals surface area (Å²) in [6.07, 6.45) is 6.66. The summed E-state index contributed by atoms with van der Waals surface area (Å²) < 4.78 is 6.13. The maximum absolute atomic E-state index is 11.4. The number of rotatable bonds is 6. The van der Waals surface area contributed by atoms with Crippen LogP contribution in [0.25, 0.3) is 5.57 Å². The minimum Gasteiger partial charge on any atom is -0.481 e.